The van der Waals surface area contributed by atoms with E-state index in [1.165, 1.54) is 12.1 Å². The number of hydrogen-bond donors (Lipinski definition) is 2. The SMILES string of the molecule is CC(C)C[C@H](NS(=O)(=O)c1ccc2c(c1)oc1ccc(N3CCN(C)CC3)cc12)C(=O)O. The average molecular weight is 460 g/mol. The zero-order valence-electron chi connectivity index (χ0n) is 18.5. The number of carbonyl (C=O) groups is 1. The highest BCUT2D eigenvalue weighted by atomic mass is 32.2. The van der Waals surface area contributed by atoms with E-state index in [2.05, 4.69) is 27.6 Å². The van der Waals surface area contributed by atoms with Crippen LogP contribution in [0.15, 0.2) is 45.7 Å². The van der Waals surface area contributed by atoms with Crippen molar-refractivity contribution >= 4 is 43.6 Å². The Bertz CT molecular complexity index is 1240. The molecule has 0 unspecified atom stereocenters. The number of carboxylic acid groups (broad SMARTS) is 1. The van der Waals surface area contributed by atoms with Gasteiger partial charge in [-0.25, -0.2) is 8.42 Å². The predicted molar refractivity (Wildman–Crippen MR) is 125 cm³/mol. The van der Waals surface area contributed by atoms with Gasteiger partial charge in [0.2, 0.25) is 10.0 Å². The summed E-state index contributed by atoms with van der Waals surface area (Å²) in [6, 6.07) is 9.52. The van der Waals surface area contributed by atoms with E-state index in [0.717, 1.165) is 42.6 Å². The fourth-order valence-electron chi connectivity index (χ4n) is 4.10. The number of hydrogen-bond acceptors (Lipinski definition) is 6. The van der Waals surface area contributed by atoms with Crippen LogP contribution in [-0.4, -0.2) is 63.7 Å². The van der Waals surface area contributed by atoms with E-state index in [0.29, 0.717) is 11.2 Å². The first-order valence-corrected chi connectivity index (χ1v) is 12.3. The molecule has 0 spiro atoms. The monoisotopic (exact) mass is 459 g/mol. The quantitative estimate of drug-likeness (QED) is 0.560. The third-order valence-electron chi connectivity index (χ3n) is 5.91. The lowest BCUT2D eigenvalue weighted by Gasteiger charge is -2.34. The summed E-state index contributed by atoms with van der Waals surface area (Å²) in [7, 11) is -1.90. The number of nitrogens with zero attached hydrogens (tertiary/aromatic N) is 2. The molecule has 8 nitrogen and oxygen atoms in total. The minimum absolute atomic E-state index is 0.0154. The van der Waals surface area contributed by atoms with E-state index in [-0.39, 0.29) is 17.2 Å². The van der Waals surface area contributed by atoms with Gasteiger partial charge >= 0.3 is 5.97 Å². The number of furan rings is 1. The maximum Gasteiger partial charge on any atom is 0.321 e. The van der Waals surface area contributed by atoms with E-state index in [1.807, 2.05) is 26.0 Å². The van der Waals surface area contributed by atoms with Crippen molar-refractivity contribution in [2.24, 2.45) is 5.92 Å². The van der Waals surface area contributed by atoms with Crippen LogP contribution in [0.3, 0.4) is 0 Å². The molecular formula is C23H29N3O5S. The molecule has 0 bridgehead atoms. The minimum Gasteiger partial charge on any atom is -0.480 e. The molecule has 3 aromatic rings. The summed E-state index contributed by atoms with van der Waals surface area (Å²) in [6.07, 6.45) is 0.205. The zero-order valence-corrected chi connectivity index (χ0v) is 19.4. The van der Waals surface area contributed by atoms with Gasteiger partial charge in [0.25, 0.3) is 0 Å². The third kappa shape index (κ3) is 4.60. The number of anilines is 1. The molecule has 0 radical (unpaired) electrons. The van der Waals surface area contributed by atoms with Crippen LogP contribution in [-0.2, 0) is 14.8 Å². The Morgan fingerprint density at radius 1 is 1.06 bits per heavy atom. The number of likely N-dealkylation sites (N-methyl/N-ethyl adjacent to an activating group) is 1. The molecule has 172 valence electrons. The highest BCUT2D eigenvalue weighted by molar-refractivity contribution is 7.89. The van der Waals surface area contributed by atoms with Gasteiger partial charge in [0, 0.05) is 48.7 Å². The fourth-order valence-corrected chi connectivity index (χ4v) is 5.32. The lowest BCUT2D eigenvalue weighted by atomic mass is 10.1. The number of carboxylic acids is 1. The number of piperazine rings is 1. The van der Waals surface area contributed by atoms with Gasteiger partial charge in [0.05, 0.1) is 4.90 Å². The van der Waals surface area contributed by atoms with Crippen LogP contribution in [0.2, 0.25) is 0 Å². The van der Waals surface area contributed by atoms with Gasteiger partial charge in [-0.3, -0.25) is 4.79 Å². The molecule has 2 N–H and O–H groups in total. The summed E-state index contributed by atoms with van der Waals surface area (Å²) >= 11 is 0. The third-order valence-corrected chi connectivity index (χ3v) is 7.38. The molecule has 1 fully saturated rings. The largest absolute Gasteiger partial charge is 0.480 e. The Kier molecular flexibility index (Phi) is 6.15. The van der Waals surface area contributed by atoms with E-state index < -0.39 is 22.0 Å². The predicted octanol–water partition coefficient (Wildman–Crippen LogP) is 3.12. The van der Waals surface area contributed by atoms with E-state index in [1.54, 1.807) is 6.07 Å². The van der Waals surface area contributed by atoms with Crippen molar-refractivity contribution in [3.63, 3.8) is 0 Å². The van der Waals surface area contributed by atoms with Crippen LogP contribution >= 0.6 is 0 Å². The van der Waals surface area contributed by atoms with Crippen LogP contribution in [0.4, 0.5) is 5.69 Å². The number of rotatable bonds is 7. The molecule has 1 aromatic heterocycles. The van der Waals surface area contributed by atoms with Crippen molar-refractivity contribution < 1.29 is 22.7 Å². The molecular weight excluding hydrogens is 430 g/mol. The zero-order chi connectivity index (χ0) is 23.0. The van der Waals surface area contributed by atoms with Gasteiger partial charge in [-0.05, 0) is 49.7 Å². The highest BCUT2D eigenvalue weighted by Crippen LogP contribution is 2.33. The average Bonchev–Trinajstić information content (AvgIpc) is 3.10. The Balaban J connectivity index is 1.65. The van der Waals surface area contributed by atoms with Gasteiger partial charge in [0.15, 0.2) is 0 Å². The van der Waals surface area contributed by atoms with Crippen LogP contribution in [0.1, 0.15) is 20.3 Å². The Labute approximate surface area is 187 Å². The van der Waals surface area contributed by atoms with Crippen molar-refractivity contribution in [2.45, 2.75) is 31.2 Å². The number of sulfonamides is 1. The van der Waals surface area contributed by atoms with Crippen LogP contribution in [0.25, 0.3) is 21.9 Å². The molecule has 32 heavy (non-hydrogen) atoms. The van der Waals surface area contributed by atoms with Crippen molar-refractivity contribution in [3.8, 4) is 0 Å². The number of fused-ring (bicyclic) bond motifs is 3. The summed E-state index contributed by atoms with van der Waals surface area (Å²) in [4.78, 5) is 16.1. The number of aliphatic carboxylic acids is 1. The summed E-state index contributed by atoms with van der Waals surface area (Å²) in [5, 5.41) is 11.1. The Morgan fingerprint density at radius 2 is 1.78 bits per heavy atom. The van der Waals surface area contributed by atoms with Crippen LogP contribution in [0.5, 0.6) is 0 Å². The molecule has 0 amide bonds. The second-order valence-corrected chi connectivity index (χ2v) is 10.6. The molecule has 1 aliphatic heterocycles. The molecule has 4 rings (SSSR count). The minimum atomic E-state index is -4.01. The van der Waals surface area contributed by atoms with Crippen molar-refractivity contribution in [3.05, 3.63) is 36.4 Å². The molecule has 1 saturated heterocycles. The molecule has 2 heterocycles. The summed E-state index contributed by atoms with van der Waals surface area (Å²) in [5.74, 6) is -1.16. The summed E-state index contributed by atoms with van der Waals surface area (Å²) in [5.41, 5.74) is 2.25. The lowest BCUT2D eigenvalue weighted by Crippen LogP contribution is -2.44. The van der Waals surface area contributed by atoms with Crippen molar-refractivity contribution in [1.82, 2.24) is 9.62 Å². The van der Waals surface area contributed by atoms with Gasteiger partial charge < -0.3 is 19.3 Å². The van der Waals surface area contributed by atoms with Gasteiger partial charge in [-0.2, -0.15) is 4.72 Å². The summed E-state index contributed by atoms with van der Waals surface area (Å²) < 4.78 is 33.9. The molecule has 1 atom stereocenters. The van der Waals surface area contributed by atoms with Gasteiger partial charge in [-0.15, -0.1) is 0 Å². The first-order valence-electron chi connectivity index (χ1n) is 10.8. The van der Waals surface area contributed by atoms with Gasteiger partial charge in [0.1, 0.15) is 17.2 Å². The molecule has 9 heteroatoms. The van der Waals surface area contributed by atoms with E-state index >= 15 is 0 Å². The van der Waals surface area contributed by atoms with Crippen LogP contribution < -0.4 is 9.62 Å². The Hall–Kier alpha value is -2.62. The second kappa shape index (κ2) is 8.73. The van der Waals surface area contributed by atoms with Crippen LogP contribution in [0, 0.1) is 5.92 Å². The lowest BCUT2D eigenvalue weighted by molar-refractivity contribution is -0.139. The fraction of sp³-hybridized carbons (Fsp3) is 0.435. The van der Waals surface area contributed by atoms with E-state index in [9.17, 15) is 18.3 Å². The summed E-state index contributed by atoms with van der Waals surface area (Å²) in [6.45, 7) is 7.61. The maximum absolute atomic E-state index is 12.8. The second-order valence-electron chi connectivity index (χ2n) is 8.87. The first kappa shape index (κ1) is 22.6. The number of benzene rings is 2. The number of nitrogens with one attached hydrogen (secondary N) is 1. The maximum atomic E-state index is 12.8. The van der Waals surface area contributed by atoms with Crippen molar-refractivity contribution in [1.29, 1.82) is 0 Å². The molecule has 2 aromatic carbocycles. The van der Waals surface area contributed by atoms with E-state index in [4.69, 9.17) is 4.42 Å². The normalized spacial score (nSPS) is 16.8. The van der Waals surface area contributed by atoms with Gasteiger partial charge in [-0.1, -0.05) is 13.8 Å². The topological polar surface area (TPSA) is 103 Å². The molecule has 0 saturated carbocycles. The first-order chi connectivity index (χ1) is 15.1. The van der Waals surface area contributed by atoms with Crippen molar-refractivity contribution in [2.75, 3.05) is 38.1 Å². The molecule has 0 aliphatic carbocycles. The molecule has 1 aliphatic rings. The Morgan fingerprint density at radius 3 is 2.44 bits per heavy atom. The highest BCUT2D eigenvalue weighted by Gasteiger charge is 2.27. The standard InChI is InChI=1S/C23H29N3O5S/c1-15(2)12-20(23(27)28)24-32(29,30)17-5-6-18-19-13-16(26-10-8-25(3)9-11-26)4-7-21(19)31-22(18)14-17/h4-7,13-15,20,24H,8-12H2,1-3H3,(H,27,28)/t20-/m0/s1. The smallest absolute Gasteiger partial charge is 0.321 e.